The topological polar surface area (TPSA) is 75.7 Å². The minimum absolute atomic E-state index is 0.0655. The largest absolute Gasteiger partial charge is 0.383 e. The van der Waals surface area contributed by atoms with Gasteiger partial charge in [-0.15, -0.1) is 0 Å². The number of anilines is 1. The fraction of sp³-hybridized carbons (Fsp3) is 0.533. The number of methoxy groups -OCH3 is 1. The van der Waals surface area contributed by atoms with Gasteiger partial charge in [-0.05, 0) is 44.0 Å². The van der Waals surface area contributed by atoms with E-state index >= 15 is 0 Å². The first-order chi connectivity index (χ1) is 10.4. The van der Waals surface area contributed by atoms with Crippen LogP contribution in [0.4, 0.5) is 5.69 Å². The Kier molecular flexibility index (Phi) is 5.08. The van der Waals surface area contributed by atoms with Gasteiger partial charge in [-0.3, -0.25) is 9.10 Å². The van der Waals surface area contributed by atoms with E-state index in [-0.39, 0.29) is 17.7 Å². The molecule has 1 amide bonds. The number of amides is 1. The van der Waals surface area contributed by atoms with Crippen LogP contribution in [-0.4, -0.2) is 46.4 Å². The highest BCUT2D eigenvalue weighted by Gasteiger charge is 2.34. The number of sulfonamides is 1. The lowest BCUT2D eigenvalue weighted by atomic mass is 10.1. The molecule has 22 heavy (non-hydrogen) atoms. The van der Waals surface area contributed by atoms with E-state index in [1.54, 1.807) is 32.2 Å². The van der Waals surface area contributed by atoms with Crippen molar-refractivity contribution in [1.29, 1.82) is 0 Å². The minimum Gasteiger partial charge on any atom is -0.383 e. The maximum absolute atomic E-state index is 12.2. The molecule has 1 heterocycles. The van der Waals surface area contributed by atoms with Crippen molar-refractivity contribution >= 4 is 21.6 Å². The molecule has 0 saturated carbocycles. The number of rotatable bonds is 6. The third kappa shape index (κ3) is 3.25. The van der Waals surface area contributed by atoms with Crippen molar-refractivity contribution in [3.05, 3.63) is 29.3 Å². The van der Waals surface area contributed by atoms with Gasteiger partial charge in [-0.2, -0.15) is 0 Å². The van der Waals surface area contributed by atoms with E-state index < -0.39 is 10.0 Å². The quantitative estimate of drug-likeness (QED) is 0.796. The van der Waals surface area contributed by atoms with Crippen LogP contribution in [0.15, 0.2) is 18.2 Å². The number of ether oxygens (including phenoxy) is 1. The predicted molar refractivity (Wildman–Crippen MR) is 85.8 cm³/mol. The molecule has 0 fully saturated rings. The second kappa shape index (κ2) is 6.66. The fourth-order valence-corrected chi connectivity index (χ4v) is 4.05. The Balaban J connectivity index is 2.24. The average molecular weight is 326 g/mol. The molecule has 122 valence electrons. The first kappa shape index (κ1) is 16.8. The maximum atomic E-state index is 12.2. The van der Waals surface area contributed by atoms with E-state index in [1.807, 2.05) is 6.92 Å². The lowest BCUT2D eigenvalue weighted by Gasteiger charge is -2.23. The molecule has 0 spiro atoms. The van der Waals surface area contributed by atoms with Gasteiger partial charge in [0.15, 0.2) is 0 Å². The van der Waals surface area contributed by atoms with Crippen molar-refractivity contribution in [2.75, 3.05) is 30.3 Å². The minimum atomic E-state index is -3.29. The molecule has 0 unspecified atom stereocenters. The van der Waals surface area contributed by atoms with Crippen molar-refractivity contribution in [3.63, 3.8) is 0 Å². The van der Waals surface area contributed by atoms with Crippen LogP contribution in [0.1, 0.15) is 29.8 Å². The van der Waals surface area contributed by atoms with Crippen LogP contribution in [0.2, 0.25) is 0 Å². The molecular weight excluding hydrogens is 304 g/mol. The van der Waals surface area contributed by atoms with Gasteiger partial charge in [0.1, 0.15) is 0 Å². The Morgan fingerprint density at radius 3 is 2.82 bits per heavy atom. The third-order valence-corrected chi connectivity index (χ3v) is 5.64. The monoisotopic (exact) mass is 326 g/mol. The number of hydrogen-bond donors (Lipinski definition) is 1. The smallest absolute Gasteiger partial charge is 0.251 e. The van der Waals surface area contributed by atoms with Crippen molar-refractivity contribution in [3.8, 4) is 0 Å². The molecule has 0 aromatic heterocycles. The molecule has 0 aliphatic carbocycles. The SMILES string of the molecule is CCS(=O)(=O)N1c2ccc(C(=O)NCCOC)cc2C[C@@H]1C. The van der Waals surface area contributed by atoms with Crippen LogP contribution in [0.5, 0.6) is 0 Å². The summed E-state index contributed by atoms with van der Waals surface area (Å²) in [6.07, 6.45) is 0.619. The van der Waals surface area contributed by atoms with Crippen LogP contribution in [-0.2, 0) is 21.2 Å². The Bertz CT molecular complexity index is 658. The zero-order valence-corrected chi connectivity index (χ0v) is 13.9. The van der Waals surface area contributed by atoms with Crippen molar-refractivity contribution < 1.29 is 17.9 Å². The molecule has 1 atom stereocenters. The van der Waals surface area contributed by atoms with Gasteiger partial charge in [-0.25, -0.2) is 8.42 Å². The molecule has 1 N–H and O–H groups in total. The van der Waals surface area contributed by atoms with E-state index in [9.17, 15) is 13.2 Å². The molecule has 0 saturated heterocycles. The highest BCUT2D eigenvalue weighted by molar-refractivity contribution is 7.92. The zero-order chi connectivity index (χ0) is 16.3. The normalized spacial score (nSPS) is 17.4. The van der Waals surface area contributed by atoms with Crippen molar-refractivity contribution in [1.82, 2.24) is 5.32 Å². The van der Waals surface area contributed by atoms with Gasteiger partial charge >= 0.3 is 0 Å². The average Bonchev–Trinajstić information content (AvgIpc) is 2.82. The summed E-state index contributed by atoms with van der Waals surface area (Å²) >= 11 is 0. The highest BCUT2D eigenvalue weighted by atomic mass is 32.2. The number of carbonyl (C=O) groups is 1. The first-order valence-electron chi connectivity index (χ1n) is 7.33. The van der Waals surface area contributed by atoms with E-state index in [1.165, 1.54) is 4.31 Å². The number of nitrogens with zero attached hydrogens (tertiary/aromatic N) is 1. The zero-order valence-electron chi connectivity index (χ0n) is 13.1. The highest BCUT2D eigenvalue weighted by Crippen LogP contribution is 2.35. The standard InChI is InChI=1S/C15H22N2O4S/c1-4-22(19,20)17-11(2)9-13-10-12(5-6-14(13)17)15(18)16-7-8-21-3/h5-6,10-11H,4,7-9H2,1-3H3,(H,16,18)/t11-/m0/s1. The lowest BCUT2D eigenvalue weighted by molar-refractivity contribution is 0.0937. The molecule has 1 aliphatic rings. The van der Waals surface area contributed by atoms with Crippen LogP contribution in [0.25, 0.3) is 0 Å². The molecule has 1 aromatic rings. The van der Waals surface area contributed by atoms with Crippen LogP contribution >= 0.6 is 0 Å². The number of carbonyl (C=O) groups excluding carboxylic acids is 1. The van der Waals surface area contributed by atoms with Crippen molar-refractivity contribution in [2.45, 2.75) is 26.3 Å². The second-order valence-corrected chi connectivity index (χ2v) is 7.48. The molecule has 1 aromatic carbocycles. The first-order valence-corrected chi connectivity index (χ1v) is 8.93. The summed E-state index contributed by atoms with van der Waals surface area (Å²) in [5.41, 5.74) is 2.12. The molecule has 2 rings (SSSR count). The second-order valence-electron chi connectivity index (χ2n) is 5.34. The molecular formula is C15H22N2O4S. The Labute approximate surface area is 131 Å². The Hall–Kier alpha value is -1.60. The molecule has 1 aliphatic heterocycles. The van der Waals surface area contributed by atoms with E-state index in [0.717, 1.165) is 5.56 Å². The van der Waals surface area contributed by atoms with E-state index in [0.29, 0.717) is 30.8 Å². The number of fused-ring (bicyclic) bond motifs is 1. The number of nitrogens with one attached hydrogen (secondary N) is 1. The van der Waals surface area contributed by atoms with Gasteiger partial charge in [0.25, 0.3) is 5.91 Å². The summed E-state index contributed by atoms with van der Waals surface area (Å²) < 4.78 is 30.8. The molecule has 0 bridgehead atoms. The number of hydrogen-bond acceptors (Lipinski definition) is 4. The summed E-state index contributed by atoms with van der Waals surface area (Å²) in [5, 5.41) is 2.76. The summed E-state index contributed by atoms with van der Waals surface area (Å²) in [5.74, 6) is -0.111. The summed E-state index contributed by atoms with van der Waals surface area (Å²) in [7, 11) is -1.72. The van der Waals surface area contributed by atoms with Crippen LogP contribution < -0.4 is 9.62 Å². The van der Waals surface area contributed by atoms with Gasteiger partial charge in [0, 0.05) is 25.3 Å². The van der Waals surface area contributed by atoms with Crippen LogP contribution in [0, 0.1) is 0 Å². The van der Waals surface area contributed by atoms with E-state index in [4.69, 9.17) is 4.74 Å². The Morgan fingerprint density at radius 2 is 2.18 bits per heavy atom. The molecule has 6 nitrogen and oxygen atoms in total. The van der Waals surface area contributed by atoms with Gasteiger partial charge in [0.2, 0.25) is 10.0 Å². The van der Waals surface area contributed by atoms with Crippen LogP contribution in [0.3, 0.4) is 0 Å². The van der Waals surface area contributed by atoms with Crippen molar-refractivity contribution in [2.24, 2.45) is 0 Å². The van der Waals surface area contributed by atoms with Gasteiger partial charge < -0.3 is 10.1 Å². The maximum Gasteiger partial charge on any atom is 0.251 e. The van der Waals surface area contributed by atoms with Gasteiger partial charge in [0.05, 0.1) is 18.0 Å². The lowest BCUT2D eigenvalue weighted by Crippen LogP contribution is -2.36. The molecule has 7 heteroatoms. The summed E-state index contributed by atoms with van der Waals surface area (Å²) in [6.45, 7) is 4.42. The summed E-state index contributed by atoms with van der Waals surface area (Å²) in [6, 6.07) is 5.04. The van der Waals surface area contributed by atoms with Gasteiger partial charge in [-0.1, -0.05) is 0 Å². The van der Waals surface area contributed by atoms with E-state index in [2.05, 4.69) is 5.32 Å². The number of benzene rings is 1. The predicted octanol–water partition coefficient (Wildman–Crippen LogP) is 1.16. The Morgan fingerprint density at radius 1 is 1.45 bits per heavy atom. The fourth-order valence-electron chi connectivity index (χ4n) is 2.68. The summed E-state index contributed by atoms with van der Waals surface area (Å²) in [4.78, 5) is 12.0. The molecule has 0 radical (unpaired) electrons. The third-order valence-electron chi connectivity index (χ3n) is 3.75.